The number of carbonyl (C=O) groups excluding carboxylic acids is 1. The summed E-state index contributed by atoms with van der Waals surface area (Å²) in [6, 6.07) is 8.34. The number of ketones is 1. The van der Waals surface area contributed by atoms with Crippen molar-refractivity contribution < 1.29 is 4.79 Å². The predicted octanol–water partition coefficient (Wildman–Crippen LogP) is 4.50. The molecule has 0 aliphatic heterocycles. The molecular weight excluding hydrogens is 289 g/mol. The quantitative estimate of drug-likeness (QED) is 0.810. The number of benzene rings is 1. The molecule has 0 spiro atoms. The van der Waals surface area contributed by atoms with Crippen LogP contribution in [0.2, 0.25) is 0 Å². The first kappa shape index (κ1) is 23.5. The number of hydrogen-bond donors (Lipinski definition) is 1. The van der Waals surface area contributed by atoms with E-state index in [1.807, 2.05) is 13.8 Å². The first-order valence-electron chi connectivity index (χ1n) is 8.33. The Morgan fingerprint density at radius 2 is 1.82 bits per heavy atom. The second kappa shape index (κ2) is 15.2. The first-order valence-corrected chi connectivity index (χ1v) is 8.90. The maximum Gasteiger partial charge on any atom is 0.149 e. The van der Waals surface area contributed by atoms with Gasteiger partial charge in [0.15, 0.2) is 0 Å². The molecule has 0 saturated heterocycles. The summed E-state index contributed by atoms with van der Waals surface area (Å²) in [7, 11) is 2.66. The minimum atomic E-state index is 0.153. The average Bonchev–Trinajstić information content (AvgIpc) is 2.46. The van der Waals surface area contributed by atoms with Gasteiger partial charge in [0.25, 0.3) is 0 Å². The molecule has 0 radical (unpaired) electrons. The van der Waals surface area contributed by atoms with E-state index in [2.05, 4.69) is 61.2 Å². The van der Waals surface area contributed by atoms with E-state index in [0.29, 0.717) is 0 Å². The molecule has 0 heterocycles. The molecule has 2 unspecified atom stereocenters. The van der Waals surface area contributed by atoms with E-state index in [1.165, 1.54) is 23.7 Å². The Morgan fingerprint density at radius 3 is 2.00 bits per heavy atom. The molecule has 0 aliphatic rings. The van der Waals surface area contributed by atoms with Crippen LogP contribution in [0.5, 0.6) is 0 Å². The third kappa shape index (κ3) is 15.7. The SMILES string of the molecule is CCC(C)C(=O)CN.CCCC(C)C.Cc1cccc(P)c1. The van der Waals surface area contributed by atoms with Gasteiger partial charge in [0.05, 0.1) is 6.54 Å². The van der Waals surface area contributed by atoms with Crippen LogP contribution in [-0.4, -0.2) is 12.3 Å². The summed E-state index contributed by atoms with van der Waals surface area (Å²) in [4.78, 5) is 10.6. The van der Waals surface area contributed by atoms with Gasteiger partial charge in [-0.2, -0.15) is 0 Å². The summed E-state index contributed by atoms with van der Waals surface area (Å²) in [5.41, 5.74) is 6.42. The fraction of sp³-hybridized carbons (Fsp3) is 0.632. The lowest BCUT2D eigenvalue weighted by Crippen LogP contribution is -2.20. The van der Waals surface area contributed by atoms with E-state index in [0.717, 1.165) is 12.3 Å². The molecule has 2 nitrogen and oxygen atoms in total. The highest BCUT2D eigenvalue weighted by atomic mass is 31.0. The molecule has 1 aromatic rings. The fourth-order valence-electron chi connectivity index (χ4n) is 1.68. The summed E-state index contributed by atoms with van der Waals surface area (Å²) in [5.74, 6) is 1.21. The van der Waals surface area contributed by atoms with E-state index in [-0.39, 0.29) is 18.2 Å². The van der Waals surface area contributed by atoms with Crippen molar-refractivity contribution in [3.63, 3.8) is 0 Å². The second-order valence-corrected chi connectivity index (χ2v) is 6.74. The van der Waals surface area contributed by atoms with E-state index >= 15 is 0 Å². The normalized spacial score (nSPS) is 11.0. The van der Waals surface area contributed by atoms with Crippen LogP contribution in [0.15, 0.2) is 24.3 Å². The zero-order valence-corrected chi connectivity index (χ0v) is 16.5. The van der Waals surface area contributed by atoms with E-state index in [4.69, 9.17) is 5.73 Å². The molecule has 0 fully saturated rings. The molecule has 0 aromatic heterocycles. The van der Waals surface area contributed by atoms with Crippen LogP contribution in [0.3, 0.4) is 0 Å². The summed E-state index contributed by atoms with van der Waals surface area (Å²) >= 11 is 0. The fourth-order valence-corrected chi connectivity index (χ4v) is 2.05. The van der Waals surface area contributed by atoms with Crippen molar-refractivity contribution in [3.05, 3.63) is 29.8 Å². The zero-order chi connectivity index (χ0) is 17.5. The molecule has 3 heteroatoms. The number of nitrogens with two attached hydrogens (primary N) is 1. The molecule has 22 heavy (non-hydrogen) atoms. The minimum absolute atomic E-state index is 0.153. The topological polar surface area (TPSA) is 43.1 Å². The predicted molar refractivity (Wildman–Crippen MR) is 104 cm³/mol. The Morgan fingerprint density at radius 1 is 1.23 bits per heavy atom. The molecule has 2 atom stereocenters. The molecule has 0 bridgehead atoms. The van der Waals surface area contributed by atoms with Crippen LogP contribution in [-0.2, 0) is 4.79 Å². The van der Waals surface area contributed by atoms with Crippen molar-refractivity contribution in [1.29, 1.82) is 0 Å². The van der Waals surface area contributed by atoms with Crippen molar-refractivity contribution in [2.75, 3.05) is 6.54 Å². The number of Topliss-reactive ketones (excluding diaryl/α,β-unsaturated/α-hetero) is 1. The molecule has 1 rings (SSSR count). The average molecular weight is 325 g/mol. The van der Waals surface area contributed by atoms with Crippen molar-refractivity contribution in [1.82, 2.24) is 0 Å². The lowest BCUT2D eigenvalue weighted by molar-refractivity contribution is -0.121. The minimum Gasteiger partial charge on any atom is -0.324 e. The van der Waals surface area contributed by atoms with E-state index in [9.17, 15) is 4.79 Å². The van der Waals surface area contributed by atoms with Gasteiger partial charge >= 0.3 is 0 Å². The van der Waals surface area contributed by atoms with Crippen LogP contribution in [0.25, 0.3) is 0 Å². The largest absolute Gasteiger partial charge is 0.324 e. The maximum atomic E-state index is 10.6. The third-order valence-electron chi connectivity index (χ3n) is 3.27. The third-order valence-corrected chi connectivity index (χ3v) is 3.63. The Hall–Kier alpha value is -0.720. The maximum absolute atomic E-state index is 10.6. The van der Waals surface area contributed by atoms with Gasteiger partial charge in [-0.1, -0.05) is 77.3 Å². The van der Waals surface area contributed by atoms with E-state index < -0.39 is 0 Å². The molecule has 2 N–H and O–H groups in total. The number of aryl methyl sites for hydroxylation is 1. The van der Waals surface area contributed by atoms with Crippen LogP contribution < -0.4 is 11.0 Å². The Bertz CT molecular complexity index is 374. The van der Waals surface area contributed by atoms with Gasteiger partial charge in [0, 0.05) is 5.92 Å². The summed E-state index contributed by atoms with van der Waals surface area (Å²) in [6.45, 7) is 12.9. The van der Waals surface area contributed by atoms with Crippen molar-refractivity contribution in [2.45, 2.75) is 60.8 Å². The second-order valence-electron chi connectivity index (χ2n) is 6.08. The highest BCUT2D eigenvalue weighted by Gasteiger charge is 2.06. The first-order chi connectivity index (χ1) is 10.3. The van der Waals surface area contributed by atoms with Gasteiger partial charge in [-0.25, -0.2) is 0 Å². The van der Waals surface area contributed by atoms with Crippen molar-refractivity contribution in [3.8, 4) is 0 Å². The molecular formula is C19H36NOP. The number of rotatable bonds is 5. The summed E-state index contributed by atoms with van der Waals surface area (Å²) in [6.07, 6.45) is 3.60. The molecule has 0 saturated carbocycles. The van der Waals surface area contributed by atoms with Crippen LogP contribution in [0.4, 0.5) is 0 Å². The summed E-state index contributed by atoms with van der Waals surface area (Å²) < 4.78 is 0. The highest BCUT2D eigenvalue weighted by Crippen LogP contribution is 2.00. The molecule has 0 aliphatic carbocycles. The highest BCUT2D eigenvalue weighted by molar-refractivity contribution is 7.27. The Labute approximate surface area is 140 Å². The van der Waals surface area contributed by atoms with Gasteiger partial charge < -0.3 is 5.73 Å². The standard InChI is InChI=1S/C7H9P.C6H13NO.C6H14/c1-6-3-2-4-7(8)5-6;1-3-5(2)6(8)4-7;1-4-5-6(2)3/h2-5H,8H2,1H3;5H,3-4,7H2,1-2H3;6H,4-5H2,1-3H3. The van der Waals surface area contributed by atoms with Gasteiger partial charge in [0.1, 0.15) is 5.78 Å². The number of hydrogen-bond acceptors (Lipinski definition) is 2. The Kier molecular flexibility index (Phi) is 16.3. The van der Waals surface area contributed by atoms with E-state index in [1.54, 1.807) is 0 Å². The van der Waals surface area contributed by atoms with Gasteiger partial charge in [-0.3, -0.25) is 4.79 Å². The van der Waals surface area contributed by atoms with Crippen molar-refractivity contribution >= 4 is 20.3 Å². The molecule has 1 aromatic carbocycles. The molecule has 128 valence electrons. The monoisotopic (exact) mass is 325 g/mol. The lowest BCUT2D eigenvalue weighted by Gasteiger charge is -2.01. The molecule has 0 amide bonds. The van der Waals surface area contributed by atoms with Crippen LogP contribution in [0.1, 0.15) is 59.4 Å². The van der Waals surface area contributed by atoms with Gasteiger partial charge in [-0.05, 0) is 24.6 Å². The Balaban J connectivity index is 0. The number of carbonyl (C=O) groups is 1. The smallest absolute Gasteiger partial charge is 0.149 e. The summed E-state index contributed by atoms with van der Waals surface area (Å²) in [5, 5.41) is 1.25. The van der Waals surface area contributed by atoms with Gasteiger partial charge in [-0.15, -0.1) is 9.24 Å². The van der Waals surface area contributed by atoms with Crippen molar-refractivity contribution in [2.24, 2.45) is 17.6 Å². The zero-order valence-electron chi connectivity index (χ0n) is 15.4. The van der Waals surface area contributed by atoms with Crippen LogP contribution in [0, 0.1) is 18.8 Å². The van der Waals surface area contributed by atoms with Crippen LogP contribution >= 0.6 is 9.24 Å². The van der Waals surface area contributed by atoms with Gasteiger partial charge in [0.2, 0.25) is 0 Å². The lowest BCUT2D eigenvalue weighted by atomic mass is 10.0.